The predicted molar refractivity (Wildman–Crippen MR) is 84.9 cm³/mol. The Morgan fingerprint density at radius 2 is 1.86 bits per heavy atom. The van der Waals surface area contributed by atoms with Gasteiger partial charge in [-0.1, -0.05) is 13.3 Å². The van der Waals surface area contributed by atoms with E-state index in [1.165, 1.54) is 6.26 Å². The second-order valence-corrected chi connectivity index (χ2v) is 5.17. The van der Waals surface area contributed by atoms with Crippen molar-refractivity contribution in [2.75, 3.05) is 5.32 Å². The Labute approximate surface area is 129 Å². The van der Waals surface area contributed by atoms with Crippen LogP contribution in [0.25, 0.3) is 0 Å². The SMILES string of the molecule is CCC[C@@H](C)NC(=O)c1ccc(NC(=O)c2ccco2)cc1. The molecule has 0 fully saturated rings. The molecule has 0 saturated heterocycles. The largest absolute Gasteiger partial charge is 0.459 e. The van der Waals surface area contributed by atoms with Gasteiger partial charge in [0.15, 0.2) is 5.76 Å². The van der Waals surface area contributed by atoms with Crippen LogP contribution in [0, 0.1) is 0 Å². The first-order chi connectivity index (χ1) is 10.6. The molecule has 0 saturated carbocycles. The van der Waals surface area contributed by atoms with E-state index in [0.717, 1.165) is 12.8 Å². The molecule has 1 aromatic carbocycles. The minimum atomic E-state index is -0.321. The number of nitrogens with one attached hydrogen (secondary N) is 2. The van der Waals surface area contributed by atoms with Crippen LogP contribution in [0.3, 0.4) is 0 Å². The van der Waals surface area contributed by atoms with Gasteiger partial charge in [-0.2, -0.15) is 0 Å². The first-order valence-electron chi connectivity index (χ1n) is 7.36. The van der Waals surface area contributed by atoms with Crippen LogP contribution >= 0.6 is 0 Å². The van der Waals surface area contributed by atoms with Crippen molar-refractivity contribution >= 4 is 17.5 Å². The van der Waals surface area contributed by atoms with E-state index in [4.69, 9.17) is 4.42 Å². The van der Waals surface area contributed by atoms with Crippen molar-refractivity contribution in [1.29, 1.82) is 0 Å². The molecule has 0 radical (unpaired) electrons. The lowest BCUT2D eigenvalue weighted by molar-refractivity contribution is 0.0937. The van der Waals surface area contributed by atoms with Gasteiger partial charge in [-0.3, -0.25) is 9.59 Å². The van der Waals surface area contributed by atoms with Crippen LogP contribution in [0.1, 0.15) is 47.6 Å². The zero-order valence-electron chi connectivity index (χ0n) is 12.8. The average molecular weight is 300 g/mol. The summed E-state index contributed by atoms with van der Waals surface area (Å²) in [6.07, 6.45) is 3.42. The third kappa shape index (κ3) is 4.22. The Hall–Kier alpha value is -2.56. The monoisotopic (exact) mass is 300 g/mol. The Bertz CT molecular complexity index is 618. The maximum Gasteiger partial charge on any atom is 0.291 e. The first kappa shape index (κ1) is 15.8. The highest BCUT2D eigenvalue weighted by Gasteiger charge is 2.11. The molecular formula is C17H20N2O3. The lowest BCUT2D eigenvalue weighted by atomic mass is 10.1. The lowest BCUT2D eigenvalue weighted by Gasteiger charge is -2.13. The number of hydrogen-bond donors (Lipinski definition) is 2. The lowest BCUT2D eigenvalue weighted by Crippen LogP contribution is -2.32. The van der Waals surface area contributed by atoms with E-state index in [-0.39, 0.29) is 23.6 Å². The van der Waals surface area contributed by atoms with Gasteiger partial charge in [0.25, 0.3) is 11.8 Å². The molecular weight excluding hydrogens is 280 g/mol. The molecule has 1 atom stereocenters. The van der Waals surface area contributed by atoms with Gasteiger partial charge in [0.05, 0.1) is 6.26 Å². The van der Waals surface area contributed by atoms with Gasteiger partial charge in [-0.05, 0) is 49.7 Å². The second-order valence-electron chi connectivity index (χ2n) is 5.17. The van der Waals surface area contributed by atoms with Gasteiger partial charge in [-0.25, -0.2) is 0 Å². The van der Waals surface area contributed by atoms with Crippen LogP contribution in [0.2, 0.25) is 0 Å². The third-order valence-corrected chi connectivity index (χ3v) is 3.25. The fourth-order valence-corrected chi connectivity index (χ4v) is 2.12. The van der Waals surface area contributed by atoms with Crippen LogP contribution in [-0.2, 0) is 0 Å². The molecule has 5 nitrogen and oxygen atoms in total. The number of anilines is 1. The van der Waals surface area contributed by atoms with E-state index in [1.807, 2.05) is 6.92 Å². The first-order valence-corrected chi connectivity index (χ1v) is 7.36. The molecule has 1 heterocycles. The molecule has 2 amide bonds. The molecule has 1 aromatic heterocycles. The summed E-state index contributed by atoms with van der Waals surface area (Å²) in [5, 5.41) is 5.65. The summed E-state index contributed by atoms with van der Waals surface area (Å²) in [6, 6.07) is 10.2. The van der Waals surface area contributed by atoms with Gasteiger partial charge in [0, 0.05) is 17.3 Å². The number of amides is 2. The molecule has 0 unspecified atom stereocenters. The maximum atomic E-state index is 12.0. The van der Waals surface area contributed by atoms with Gasteiger partial charge >= 0.3 is 0 Å². The molecule has 5 heteroatoms. The number of carbonyl (C=O) groups is 2. The molecule has 0 bridgehead atoms. The topological polar surface area (TPSA) is 71.3 Å². The molecule has 22 heavy (non-hydrogen) atoms. The highest BCUT2D eigenvalue weighted by Crippen LogP contribution is 2.12. The van der Waals surface area contributed by atoms with E-state index < -0.39 is 0 Å². The second kappa shape index (κ2) is 7.45. The smallest absolute Gasteiger partial charge is 0.291 e. The zero-order valence-corrected chi connectivity index (χ0v) is 12.8. The maximum absolute atomic E-state index is 12.0. The molecule has 2 N–H and O–H groups in total. The van der Waals surface area contributed by atoms with Crippen molar-refractivity contribution in [1.82, 2.24) is 5.32 Å². The fraction of sp³-hybridized carbons (Fsp3) is 0.294. The number of rotatable bonds is 6. The highest BCUT2D eigenvalue weighted by atomic mass is 16.3. The summed E-state index contributed by atoms with van der Waals surface area (Å²) < 4.78 is 5.02. The van der Waals surface area contributed by atoms with Crippen molar-refractivity contribution in [3.05, 3.63) is 54.0 Å². The molecule has 2 aromatic rings. The van der Waals surface area contributed by atoms with Crippen LogP contribution in [0.5, 0.6) is 0 Å². The normalized spacial score (nSPS) is 11.7. The summed E-state index contributed by atoms with van der Waals surface area (Å²) in [7, 11) is 0. The van der Waals surface area contributed by atoms with E-state index in [9.17, 15) is 9.59 Å². The molecule has 0 spiro atoms. The highest BCUT2D eigenvalue weighted by molar-refractivity contribution is 6.02. The summed E-state index contributed by atoms with van der Waals surface area (Å²) >= 11 is 0. The number of carbonyl (C=O) groups excluding carboxylic acids is 2. The Morgan fingerprint density at radius 1 is 1.14 bits per heavy atom. The summed E-state index contributed by atoms with van der Waals surface area (Å²) in [5.74, 6) is -0.182. The number of furan rings is 1. The Balaban J connectivity index is 1.95. The minimum Gasteiger partial charge on any atom is -0.459 e. The van der Waals surface area contributed by atoms with Crippen molar-refractivity contribution in [2.45, 2.75) is 32.7 Å². The van der Waals surface area contributed by atoms with Gasteiger partial charge in [0.1, 0.15) is 0 Å². The molecule has 0 aliphatic rings. The average Bonchev–Trinajstić information content (AvgIpc) is 3.02. The van der Waals surface area contributed by atoms with E-state index in [1.54, 1.807) is 36.4 Å². The Morgan fingerprint density at radius 3 is 2.45 bits per heavy atom. The van der Waals surface area contributed by atoms with Crippen molar-refractivity contribution in [3.8, 4) is 0 Å². The van der Waals surface area contributed by atoms with E-state index >= 15 is 0 Å². The van der Waals surface area contributed by atoms with E-state index in [0.29, 0.717) is 11.3 Å². The number of hydrogen-bond acceptors (Lipinski definition) is 3. The third-order valence-electron chi connectivity index (χ3n) is 3.25. The standard InChI is InChI=1S/C17H20N2O3/c1-3-5-12(2)18-16(20)13-7-9-14(10-8-13)19-17(21)15-6-4-11-22-15/h4,6-12H,3,5H2,1-2H3,(H,18,20)(H,19,21)/t12-/m1/s1. The minimum absolute atomic E-state index is 0.107. The summed E-state index contributed by atoms with van der Waals surface area (Å²) in [5.41, 5.74) is 1.18. The molecule has 2 rings (SSSR count). The van der Waals surface area contributed by atoms with Crippen LogP contribution in [-0.4, -0.2) is 17.9 Å². The van der Waals surface area contributed by atoms with Crippen molar-refractivity contribution in [2.24, 2.45) is 0 Å². The van der Waals surface area contributed by atoms with Crippen molar-refractivity contribution in [3.63, 3.8) is 0 Å². The molecule has 116 valence electrons. The predicted octanol–water partition coefficient (Wildman–Crippen LogP) is 3.45. The molecule has 0 aliphatic carbocycles. The van der Waals surface area contributed by atoms with Gasteiger partial charge in [0.2, 0.25) is 0 Å². The fourth-order valence-electron chi connectivity index (χ4n) is 2.12. The quantitative estimate of drug-likeness (QED) is 0.858. The molecule has 0 aliphatic heterocycles. The van der Waals surface area contributed by atoms with E-state index in [2.05, 4.69) is 17.6 Å². The summed E-state index contributed by atoms with van der Waals surface area (Å²) in [4.78, 5) is 23.9. The van der Waals surface area contributed by atoms with Gasteiger partial charge < -0.3 is 15.1 Å². The van der Waals surface area contributed by atoms with Crippen LogP contribution < -0.4 is 10.6 Å². The van der Waals surface area contributed by atoms with Gasteiger partial charge in [-0.15, -0.1) is 0 Å². The summed E-state index contributed by atoms with van der Waals surface area (Å²) in [6.45, 7) is 4.07. The zero-order chi connectivity index (χ0) is 15.9. The Kier molecular flexibility index (Phi) is 5.36. The van der Waals surface area contributed by atoms with Crippen molar-refractivity contribution < 1.29 is 14.0 Å². The van der Waals surface area contributed by atoms with Crippen LogP contribution in [0.15, 0.2) is 47.1 Å². The van der Waals surface area contributed by atoms with Crippen LogP contribution in [0.4, 0.5) is 5.69 Å². The number of benzene rings is 1.